The molecule has 0 saturated carbocycles. The molecule has 2 nitrogen and oxygen atoms in total. The van der Waals surface area contributed by atoms with Crippen molar-refractivity contribution in [2.45, 2.75) is 12.1 Å². The molecular weight excluding hydrogens is 316 g/mol. The summed E-state index contributed by atoms with van der Waals surface area (Å²) in [7, 11) is 0. The highest BCUT2D eigenvalue weighted by Crippen LogP contribution is 2.26. The van der Waals surface area contributed by atoms with Crippen molar-refractivity contribution in [1.82, 2.24) is 5.32 Å². The van der Waals surface area contributed by atoms with E-state index in [0.29, 0.717) is 5.02 Å². The molecule has 0 bridgehead atoms. The Balaban J connectivity index is 1.96. The first-order valence-corrected chi connectivity index (χ1v) is 8.17. The molecule has 1 unspecified atom stereocenters. The van der Waals surface area contributed by atoms with Crippen molar-refractivity contribution in [2.24, 2.45) is 0 Å². The molecule has 24 heavy (non-hydrogen) atoms. The molecule has 1 atom stereocenters. The maximum atomic E-state index is 9.66. The number of benzene rings is 3. The van der Waals surface area contributed by atoms with E-state index in [1.165, 1.54) is 0 Å². The number of halogens is 1. The highest BCUT2D eigenvalue weighted by Gasteiger charge is 2.19. The monoisotopic (exact) mass is 332 g/mol. The number of nitrogens with one attached hydrogen (secondary N) is 1. The Morgan fingerprint density at radius 2 is 1.29 bits per heavy atom. The van der Waals surface area contributed by atoms with Crippen molar-refractivity contribution in [3.05, 3.63) is 107 Å². The van der Waals surface area contributed by atoms with Gasteiger partial charge in [0.1, 0.15) is 6.04 Å². The fraction of sp³-hybridized carbons (Fsp3) is 0.0952. The third-order valence-electron chi connectivity index (χ3n) is 3.91. The summed E-state index contributed by atoms with van der Waals surface area (Å²) < 4.78 is 0. The van der Waals surface area contributed by atoms with Crippen LogP contribution in [-0.2, 0) is 0 Å². The van der Waals surface area contributed by atoms with Crippen molar-refractivity contribution < 1.29 is 0 Å². The predicted octanol–water partition coefficient (Wildman–Crippen LogP) is 5.28. The van der Waals surface area contributed by atoms with Crippen LogP contribution >= 0.6 is 11.6 Å². The largest absolute Gasteiger partial charge is 0.287 e. The summed E-state index contributed by atoms with van der Waals surface area (Å²) in [5.74, 6) is 0. The minimum atomic E-state index is -0.450. The lowest BCUT2D eigenvalue weighted by Crippen LogP contribution is -2.26. The van der Waals surface area contributed by atoms with Crippen LogP contribution in [0.5, 0.6) is 0 Å². The molecule has 0 heterocycles. The van der Waals surface area contributed by atoms with Gasteiger partial charge in [-0.2, -0.15) is 5.26 Å². The minimum Gasteiger partial charge on any atom is -0.287 e. The summed E-state index contributed by atoms with van der Waals surface area (Å²) in [6.45, 7) is 0. The van der Waals surface area contributed by atoms with Gasteiger partial charge in [0, 0.05) is 5.02 Å². The van der Waals surface area contributed by atoms with E-state index in [0.717, 1.165) is 16.7 Å². The molecule has 0 amide bonds. The van der Waals surface area contributed by atoms with Gasteiger partial charge in [-0.15, -0.1) is 0 Å². The normalized spacial score (nSPS) is 11.9. The second-order valence-corrected chi connectivity index (χ2v) is 5.97. The quantitative estimate of drug-likeness (QED) is 0.689. The molecule has 1 N–H and O–H groups in total. The molecule has 0 aliphatic heterocycles. The standard InChI is InChI=1S/C21H17ClN2/c22-19-13-7-12-18(14-19)20(15-23)24-21(16-8-3-1-4-9-16)17-10-5-2-6-11-17/h1-14,20-21,24H. The van der Waals surface area contributed by atoms with E-state index >= 15 is 0 Å². The molecule has 3 aromatic rings. The van der Waals surface area contributed by atoms with Crippen LogP contribution in [0.15, 0.2) is 84.9 Å². The summed E-state index contributed by atoms with van der Waals surface area (Å²) in [5.41, 5.74) is 3.10. The average Bonchev–Trinajstić information content (AvgIpc) is 2.64. The molecule has 0 aliphatic rings. The fourth-order valence-electron chi connectivity index (χ4n) is 2.74. The zero-order valence-electron chi connectivity index (χ0n) is 13.1. The van der Waals surface area contributed by atoms with Crippen molar-refractivity contribution in [2.75, 3.05) is 0 Å². The van der Waals surface area contributed by atoms with Crippen LogP contribution in [0.2, 0.25) is 5.02 Å². The van der Waals surface area contributed by atoms with Crippen LogP contribution in [0.3, 0.4) is 0 Å². The van der Waals surface area contributed by atoms with E-state index < -0.39 is 6.04 Å². The molecule has 0 radical (unpaired) electrons. The van der Waals surface area contributed by atoms with E-state index in [4.69, 9.17) is 11.6 Å². The van der Waals surface area contributed by atoms with Gasteiger partial charge in [0.05, 0.1) is 12.1 Å². The van der Waals surface area contributed by atoms with Crippen LogP contribution in [0.4, 0.5) is 0 Å². The van der Waals surface area contributed by atoms with E-state index in [9.17, 15) is 5.26 Å². The molecule has 0 spiro atoms. The van der Waals surface area contributed by atoms with Gasteiger partial charge in [0.2, 0.25) is 0 Å². The molecule has 3 aromatic carbocycles. The smallest absolute Gasteiger partial charge is 0.122 e. The molecule has 0 fully saturated rings. The van der Waals surface area contributed by atoms with Crippen LogP contribution < -0.4 is 5.32 Å². The lowest BCUT2D eigenvalue weighted by Gasteiger charge is -2.23. The van der Waals surface area contributed by atoms with Gasteiger partial charge in [-0.05, 0) is 28.8 Å². The van der Waals surface area contributed by atoms with Crippen LogP contribution in [0.1, 0.15) is 28.8 Å². The second kappa shape index (κ2) is 7.79. The summed E-state index contributed by atoms with van der Waals surface area (Å²) >= 11 is 6.08. The van der Waals surface area contributed by atoms with Crippen molar-refractivity contribution in [1.29, 1.82) is 5.26 Å². The third-order valence-corrected chi connectivity index (χ3v) is 4.15. The minimum absolute atomic E-state index is 0.0731. The van der Waals surface area contributed by atoms with E-state index in [1.807, 2.05) is 60.7 Å². The number of nitrogens with zero attached hydrogens (tertiary/aromatic N) is 1. The SMILES string of the molecule is N#CC(NC(c1ccccc1)c1ccccc1)c1cccc(Cl)c1. The molecule has 0 aromatic heterocycles. The molecule has 3 heteroatoms. The molecular formula is C21H17ClN2. The Labute approximate surface area is 147 Å². The predicted molar refractivity (Wildman–Crippen MR) is 97.7 cm³/mol. The van der Waals surface area contributed by atoms with Crippen molar-refractivity contribution in [3.63, 3.8) is 0 Å². The number of hydrogen-bond acceptors (Lipinski definition) is 2. The molecule has 118 valence electrons. The van der Waals surface area contributed by atoms with Crippen LogP contribution in [0.25, 0.3) is 0 Å². The Morgan fingerprint density at radius 1 is 0.750 bits per heavy atom. The molecule has 0 aliphatic carbocycles. The van der Waals surface area contributed by atoms with Gasteiger partial charge >= 0.3 is 0 Å². The molecule has 3 rings (SSSR count). The lowest BCUT2D eigenvalue weighted by molar-refractivity contribution is 0.559. The maximum absolute atomic E-state index is 9.66. The summed E-state index contributed by atoms with van der Waals surface area (Å²) in [5, 5.41) is 13.7. The van der Waals surface area contributed by atoms with Gasteiger partial charge in [-0.1, -0.05) is 84.4 Å². The van der Waals surface area contributed by atoms with E-state index in [2.05, 4.69) is 35.7 Å². The van der Waals surface area contributed by atoms with Gasteiger partial charge in [-0.3, -0.25) is 5.32 Å². The third kappa shape index (κ3) is 3.83. The summed E-state index contributed by atoms with van der Waals surface area (Å²) in [6, 6.07) is 29.5. The first kappa shape index (κ1) is 16.3. The van der Waals surface area contributed by atoms with Gasteiger partial charge in [0.25, 0.3) is 0 Å². The Bertz CT molecular complexity index is 786. The first-order valence-electron chi connectivity index (χ1n) is 7.79. The van der Waals surface area contributed by atoms with Crippen LogP contribution in [0, 0.1) is 11.3 Å². The Morgan fingerprint density at radius 3 is 1.79 bits per heavy atom. The molecule has 0 saturated heterocycles. The topological polar surface area (TPSA) is 35.8 Å². The fourth-order valence-corrected chi connectivity index (χ4v) is 2.94. The highest BCUT2D eigenvalue weighted by atomic mass is 35.5. The maximum Gasteiger partial charge on any atom is 0.122 e. The number of nitriles is 1. The van der Waals surface area contributed by atoms with E-state index in [-0.39, 0.29) is 6.04 Å². The Kier molecular flexibility index (Phi) is 5.28. The van der Waals surface area contributed by atoms with Crippen molar-refractivity contribution >= 4 is 11.6 Å². The van der Waals surface area contributed by atoms with E-state index in [1.54, 1.807) is 0 Å². The first-order chi connectivity index (χ1) is 11.8. The summed E-state index contributed by atoms with van der Waals surface area (Å²) in [4.78, 5) is 0. The van der Waals surface area contributed by atoms with Gasteiger partial charge in [-0.25, -0.2) is 0 Å². The zero-order chi connectivity index (χ0) is 16.8. The van der Waals surface area contributed by atoms with Gasteiger partial charge in [0.15, 0.2) is 0 Å². The zero-order valence-corrected chi connectivity index (χ0v) is 13.8. The number of hydrogen-bond donors (Lipinski definition) is 1. The highest BCUT2D eigenvalue weighted by molar-refractivity contribution is 6.30. The van der Waals surface area contributed by atoms with Crippen LogP contribution in [-0.4, -0.2) is 0 Å². The lowest BCUT2D eigenvalue weighted by atomic mass is 9.96. The average molecular weight is 333 g/mol. The van der Waals surface area contributed by atoms with Crippen molar-refractivity contribution in [3.8, 4) is 6.07 Å². The second-order valence-electron chi connectivity index (χ2n) is 5.54. The number of rotatable bonds is 5. The summed E-state index contributed by atoms with van der Waals surface area (Å²) in [6.07, 6.45) is 0. The van der Waals surface area contributed by atoms with Gasteiger partial charge < -0.3 is 0 Å². The Hall–Kier alpha value is -2.60.